The number of hydrogen-bond acceptors (Lipinski definition) is 3. The number of benzene rings is 1. The number of nitrogens with zero attached hydrogens (tertiary/aromatic N) is 2. The molecule has 0 saturated heterocycles. The number of para-hydroxylation sites is 2. The Kier molecular flexibility index (Phi) is 3.26. The molecule has 5 heteroatoms. The first-order valence-corrected chi connectivity index (χ1v) is 6.93. The highest BCUT2D eigenvalue weighted by Gasteiger charge is 2.21. The third-order valence-corrected chi connectivity index (χ3v) is 3.89. The molecule has 1 fully saturated rings. The maximum atomic E-state index is 12.2. The van der Waals surface area contributed by atoms with Crippen LogP contribution in [0.25, 0.3) is 11.0 Å². The first-order valence-electron chi connectivity index (χ1n) is 6.93. The number of amides is 1. The lowest BCUT2D eigenvalue weighted by Gasteiger charge is -2.12. The largest absolute Gasteiger partial charge is 0.348 e. The summed E-state index contributed by atoms with van der Waals surface area (Å²) in [4.78, 5) is 28.7. The van der Waals surface area contributed by atoms with E-state index in [1.165, 1.54) is 4.57 Å². The molecule has 1 saturated carbocycles. The Morgan fingerprint density at radius 2 is 2.00 bits per heavy atom. The zero-order chi connectivity index (χ0) is 14.1. The fourth-order valence-electron chi connectivity index (χ4n) is 2.75. The van der Waals surface area contributed by atoms with E-state index in [1.54, 1.807) is 13.1 Å². The smallest absolute Gasteiger partial charge is 0.282 e. The molecule has 1 aromatic heterocycles. The van der Waals surface area contributed by atoms with E-state index < -0.39 is 0 Å². The number of carbonyl (C=O) groups excluding carboxylic acids is 1. The lowest BCUT2D eigenvalue weighted by molar-refractivity contribution is 0.0931. The fourth-order valence-corrected chi connectivity index (χ4v) is 2.75. The lowest BCUT2D eigenvalue weighted by Crippen LogP contribution is -2.38. The molecule has 0 unspecified atom stereocenters. The number of carbonyl (C=O) groups is 1. The van der Waals surface area contributed by atoms with E-state index in [9.17, 15) is 9.59 Å². The van der Waals surface area contributed by atoms with Crippen LogP contribution >= 0.6 is 0 Å². The molecule has 0 bridgehead atoms. The van der Waals surface area contributed by atoms with E-state index in [-0.39, 0.29) is 23.2 Å². The highest BCUT2D eigenvalue weighted by molar-refractivity contribution is 5.94. The monoisotopic (exact) mass is 271 g/mol. The van der Waals surface area contributed by atoms with Crippen LogP contribution in [0.15, 0.2) is 29.1 Å². The van der Waals surface area contributed by atoms with Gasteiger partial charge in [0.2, 0.25) is 0 Å². The van der Waals surface area contributed by atoms with Crippen molar-refractivity contribution in [2.75, 3.05) is 0 Å². The molecule has 5 nitrogen and oxygen atoms in total. The van der Waals surface area contributed by atoms with Gasteiger partial charge in [0.05, 0.1) is 11.0 Å². The van der Waals surface area contributed by atoms with Gasteiger partial charge in [0.15, 0.2) is 5.69 Å². The Morgan fingerprint density at radius 3 is 2.75 bits per heavy atom. The molecule has 2 aromatic rings. The van der Waals surface area contributed by atoms with E-state index in [0.29, 0.717) is 5.52 Å². The highest BCUT2D eigenvalue weighted by Crippen LogP contribution is 2.18. The molecule has 0 radical (unpaired) electrons. The van der Waals surface area contributed by atoms with Gasteiger partial charge in [-0.2, -0.15) is 0 Å². The zero-order valence-electron chi connectivity index (χ0n) is 11.4. The quantitative estimate of drug-likeness (QED) is 0.902. The van der Waals surface area contributed by atoms with Crippen molar-refractivity contribution in [3.63, 3.8) is 0 Å². The van der Waals surface area contributed by atoms with E-state index in [2.05, 4.69) is 10.3 Å². The average Bonchev–Trinajstić information content (AvgIpc) is 2.95. The number of nitrogens with one attached hydrogen (secondary N) is 1. The molecular weight excluding hydrogens is 254 g/mol. The van der Waals surface area contributed by atoms with Crippen LogP contribution in [-0.2, 0) is 7.05 Å². The van der Waals surface area contributed by atoms with Crippen molar-refractivity contribution in [3.05, 3.63) is 40.3 Å². The molecule has 1 N–H and O–H groups in total. The Bertz CT molecular complexity index is 715. The van der Waals surface area contributed by atoms with Crippen molar-refractivity contribution in [3.8, 4) is 0 Å². The van der Waals surface area contributed by atoms with Gasteiger partial charge in [-0.25, -0.2) is 4.98 Å². The van der Waals surface area contributed by atoms with Crippen LogP contribution in [0, 0.1) is 0 Å². The van der Waals surface area contributed by atoms with Gasteiger partial charge in [-0.15, -0.1) is 0 Å². The van der Waals surface area contributed by atoms with Gasteiger partial charge in [0.25, 0.3) is 11.5 Å². The zero-order valence-corrected chi connectivity index (χ0v) is 11.4. The summed E-state index contributed by atoms with van der Waals surface area (Å²) < 4.78 is 1.48. The summed E-state index contributed by atoms with van der Waals surface area (Å²) in [6, 6.07) is 7.50. The van der Waals surface area contributed by atoms with E-state index in [1.807, 2.05) is 18.2 Å². The van der Waals surface area contributed by atoms with Crippen LogP contribution in [0.5, 0.6) is 0 Å². The number of fused-ring (bicyclic) bond motifs is 1. The molecule has 1 aliphatic carbocycles. The Morgan fingerprint density at radius 1 is 1.30 bits per heavy atom. The van der Waals surface area contributed by atoms with Gasteiger partial charge in [0.1, 0.15) is 0 Å². The second kappa shape index (κ2) is 5.07. The van der Waals surface area contributed by atoms with Crippen LogP contribution < -0.4 is 10.9 Å². The number of rotatable bonds is 2. The van der Waals surface area contributed by atoms with Gasteiger partial charge in [-0.3, -0.25) is 9.59 Å². The summed E-state index contributed by atoms with van der Waals surface area (Å²) in [6.45, 7) is 0. The molecule has 104 valence electrons. The Hall–Kier alpha value is -2.17. The Balaban J connectivity index is 2.00. The van der Waals surface area contributed by atoms with Crippen molar-refractivity contribution < 1.29 is 4.79 Å². The number of aromatic nitrogens is 2. The minimum atomic E-state index is -0.358. The van der Waals surface area contributed by atoms with Gasteiger partial charge in [0, 0.05) is 13.1 Å². The molecule has 1 heterocycles. The molecule has 1 aliphatic rings. The van der Waals surface area contributed by atoms with E-state index in [0.717, 1.165) is 31.2 Å². The third-order valence-electron chi connectivity index (χ3n) is 3.89. The summed E-state index contributed by atoms with van der Waals surface area (Å²) >= 11 is 0. The highest BCUT2D eigenvalue weighted by atomic mass is 16.2. The van der Waals surface area contributed by atoms with Crippen molar-refractivity contribution in [1.82, 2.24) is 14.9 Å². The minimum Gasteiger partial charge on any atom is -0.348 e. The maximum Gasteiger partial charge on any atom is 0.282 e. The van der Waals surface area contributed by atoms with E-state index in [4.69, 9.17) is 0 Å². The van der Waals surface area contributed by atoms with Crippen molar-refractivity contribution >= 4 is 16.9 Å². The molecule has 3 rings (SSSR count). The van der Waals surface area contributed by atoms with Crippen LogP contribution in [0.3, 0.4) is 0 Å². The van der Waals surface area contributed by atoms with Gasteiger partial charge < -0.3 is 9.88 Å². The predicted molar refractivity (Wildman–Crippen MR) is 76.7 cm³/mol. The second-order valence-corrected chi connectivity index (χ2v) is 5.27. The SMILES string of the molecule is Cn1c(=O)c(C(=O)NC2CCCC2)nc2ccccc21. The molecular formula is C15H17N3O2. The van der Waals surface area contributed by atoms with Crippen molar-refractivity contribution in [2.45, 2.75) is 31.7 Å². The normalized spacial score (nSPS) is 15.7. The minimum absolute atomic E-state index is 0.0156. The van der Waals surface area contributed by atoms with Gasteiger partial charge in [-0.05, 0) is 25.0 Å². The number of aryl methyl sites for hydroxylation is 1. The summed E-state index contributed by atoms with van der Waals surface area (Å²) in [7, 11) is 1.67. The maximum absolute atomic E-state index is 12.2. The molecule has 1 amide bonds. The first-order chi connectivity index (χ1) is 9.66. The van der Waals surface area contributed by atoms with E-state index >= 15 is 0 Å². The average molecular weight is 271 g/mol. The van der Waals surface area contributed by atoms with Gasteiger partial charge in [-0.1, -0.05) is 25.0 Å². The second-order valence-electron chi connectivity index (χ2n) is 5.27. The molecule has 20 heavy (non-hydrogen) atoms. The first kappa shape index (κ1) is 12.8. The molecule has 0 spiro atoms. The summed E-state index contributed by atoms with van der Waals surface area (Å²) in [5.41, 5.74) is 1.03. The third kappa shape index (κ3) is 2.19. The molecule has 1 aromatic carbocycles. The fraction of sp³-hybridized carbons (Fsp3) is 0.400. The molecule has 0 atom stereocenters. The summed E-state index contributed by atoms with van der Waals surface area (Å²) in [5, 5.41) is 2.91. The van der Waals surface area contributed by atoms with Crippen molar-refractivity contribution in [1.29, 1.82) is 0 Å². The van der Waals surface area contributed by atoms with Crippen LogP contribution in [0.2, 0.25) is 0 Å². The topological polar surface area (TPSA) is 64.0 Å². The van der Waals surface area contributed by atoms with Crippen LogP contribution in [0.1, 0.15) is 36.2 Å². The van der Waals surface area contributed by atoms with Crippen molar-refractivity contribution in [2.24, 2.45) is 7.05 Å². The predicted octanol–water partition coefficient (Wildman–Crippen LogP) is 1.61. The Labute approximate surface area is 116 Å². The standard InChI is InChI=1S/C15H17N3O2/c1-18-12-9-5-4-8-11(12)17-13(15(18)20)14(19)16-10-6-2-3-7-10/h4-5,8-10H,2-3,6-7H2,1H3,(H,16,19). The van der Waals surface area contributed by atoms with Crippen LogP contribution in [-0.4, -0.2) is 21.5 Å². The number of hydrogen-bond donors (Lipinski definition) is 1. The van der Waals surface area contributed by atoms with Crippen LogP contribution in [0.4, 0.5) is 0 Å². The summed E-state index contributed by atoms with van der Waals surface area (Å²) in [5.74, 6) is -0.358. The summed E-state index contributed by atoms with van der Waals surface area (Å²) in [6.07, 6.45) is 4.24. The molecule has 0 aliphatic heterocycles. The lowest BCUT2D eigenvalue weighted by atomic mass is 10.2. The van der Waals surface area contributed by atoms with Gasteiger partial charge >= 0.3 is 0 Å².